The highest BCUT2D eigenvalue weighted by Gasteiger charge is 2.29. The van der Waals surface area contributed by atoms with Gasteiger partial charge in [-0.1, -0.05) is 12.6 Å². The van der Waals surface area contributed by atoms with Gasteiger partial charge in [0.15, 0.2) is 17.3 Å². The normalized spacial score (nSPS) is 17.1. The standard InChI is InChI=1S/C32H33N9O/c1-3-29(42)39-16-13-22(14-17-39)35-26-9-6-21-19-23(7-8-24(21)26)41-31(25-5-4-15-34-30(25)33)36-27-10-11-28(37-32(27)41)40-18-12-20(2)38-40/h3-5,7-8,10-12,15,18-19,22,26,35H,1,6,9,13-14,16-17H2,2H3,(H2,33,34)/t26-/m0/s1. The maximum Gasteiger partial charge on any atom is 0.245 e. The highest BCUT2D eigenvalue weighted by Crippen LogP contribution is 2.36. The quantitative estimate of drug-likeness (QED) is 0.298. The molecule has 42 heavy (non-hydrogen) atoms. The third-order valence-electron chi connectivity index (χ3n) is 8.41. The number of piperidine rings is 1. The van der Waals surface area contributed by atoms with Crippen LogP contribution in [0.25, 0.3) is 34.1 Å². The Morgan fingerprint density at radius 3 is 2.71 bits per heavy atom. The van der Waals surface area contributed by atoms with Crippen LogP contribution in [0, 0.1) is 6.92 Å². The second-order valence-corrected chi connectivity index (χ2v) is 11.1. The molecule has 1 aromatic carbocycles. The molecular formula is C32H33N9O. The van der Waals surface area contributed by atoms with Gasteiger partial charge >= 0.3 is 0 Å². The Hall–Kier alpha value is -4.83. The molecule has 1 saturated heterocycles. The minimum Gasteiger partial charge on any atom is -0.383 e. The SMILES string of the molecule is C=CC(=O)N1CCC(N[C@H]2CCc3cc(-n4c(-c5cccnc5N)nc5ccc(-n6ccc(C)n6)nc54)ccc32)CC1. The van der Waals surface area contributed by atoms with E-state index >= 15 is 0 Å². The minimum absolute atomic E-state index is 0.0213. The fourth-order valence-corrected chi connectivity index (χ4v) is 6.25. The number of imidazole rings is 1. The lowest BCUT2D eigenvalue weighted by Crippen LogP contribution is -2.45. The first-order chi connectivity index (χ1) is 20.5. The second-order valence-electron chi connectivity index (χ2n) is 11.1. The number of nitrogen functional groups attached to an aromatic ring is 1. The zero-order chi connectivity index (χ0) is 28.8. The topological polar surface area (TPSA) is 120 Å². The highest BCUT2D eigenvalue weighted by molar-refractivity contribution is 5.87. The minimum atomic E-state index is 0.0213. The summed E-state index contributed by atoms with van der Waals surface area (Å²) in [6.45, 7) is 7.11. The van der Waals surface area contributed by atoms with Gasteiger partial charge < -0.3 is 16.0 Å². The molecule has 5 heterocycles. The predicted molar refractivity (Wildman–Crippen MR) is 162 cm³/mol. The van der Waals surface area contributed by atoms with Gasteiger partial charge in [0.1, 0.15) is 11.3 Å². The molecule has 10 heteroatoms. The van der Waals surface area contributed by atoms with Crippen LogP contribution >= 0.6 is 0 Å². The fourth-order valence-electron chi connectivity index (χ4n) is 6.25. The molecule has 1 aliphatic heterocycles. The lowest BCUT2D eigenvalue weighted by Gasteiger charge is -2.33. The van der Waals surface area contributed by atoms with Crippen molar-refractivity contribution in [1.82, 2.24) is 39.5 Å². The smallest absolute Gasteiger partial charge is 0.245 e. The summed E-state index contributed by atoms with van der Waals surface area (Å²) in [7, 11) is 0. The Morgan fingerprint density at radius 1 is 1.10 bits per heavy atom. The lowest BCUT2D eigenvalue weighted by atomic mass is 10.0. The molecule has 2 aliphatic rings. The van der Waals surface area contributed by atoms with Gasteiger partial charge in [-0.05, 0) is 92.3 Å². The van der Waals surface area contributed by atoms with E-state index in [-0.39, 0.29) is 5.91 Å². The summed E-state index contributed by atoms with van der Waals surface area (Å²) in [5.74, 6) is 1.86. The molecule has 10 nitrogen and oxygen atoms in total. The van der Waals surface area contributed by atoms with Crippen molar-refractivity contribution in [2.24, 2.45) is 0 Å². The molecule has 5 aromatic rings. The molecule has 212 valence electrons. The Balaban J connectivity index is 1.24. The second kappa shape index (κ2) is 10.5. The molecule has 1 atom stereocenters. The number of hydrogen-bond acceptors (Lipinski definition) is 7. The van der Waals surface area contributed by atoms with E-state index < -0.39 is 0 Å². The summed E-state index contributed by atoms with van der Waals surface area (Å²) in [6, 6.07) is 17.0. The summed E-state index contributed by atoms with van der Waals surface area (Å²) in [5, 5.41) is 8.43. The first-order valence-corrected chi connectivity index (χ1v) is 14.4. The van der Waals surface area contributed by atoms with Gasteiger partial charge in [-0.25, -0.2) is 19.6 Å². The van der Waals surface area contributed by atoms with Crippen LogP contribution in [-0.2, 0) is 11.2 Å². The van der Waals surface area contributed by atoms with E-state index in [1.165, 1.54) is 17.2 Å². The molecule has 0 radical (unpaired) electrons. The van der Waals surface area contributed by atoms with Gasteiger partial charge in [-0.15, -0.1) is 0 Å². The van der Waals surface area contributed by atoms with Crippen LogP contribution in [0.2, 0.25) is 0 Å². The summed E-state index contributed by atoms with van der Waals surface area (Å²) >= 11 is 0. The van der Waals surface area contributed by atoms with Crippen LogP contribution in [0.5, 0.6) is 0 Å². The largest absolute Gasteiger partial charge is 0.383 e. The number of carbonyl (C=O) groups excluding carboxylic acids is 1. The maximum atomic E-state index is 12.0. The van der Waals surface area contributed by atoms with Gasteiger partial charge in [0.05, 0.1) is 11.3 Å². The number of likely N-dealkylation sites (tertiary alicyclic amines) is 1. The molecule has 4 aromatic heterocycles. The van der Waals surface area contributed by atoms with Crippen LogP contribution in [0.1, 0.15) is 42.1 Å². The molecule has 0 spiro atoms. The first kappa shape index (κ1) is 26.1. The van der Waals surface area contributed by atoms with Crippen molar-refractivity contribution in [3.8, 4) is 22.9 Å². The lowest BCUT2D eigenvalue weighted by molar-refractivity contribution is -0.127. The van der Waals surface area contributed by atoms with E-state index in [1.54, 1.807) is 10.9 Å². The predicted octanol–water partition coefficient (Wildman–Crippen LogP) is 4.31. The van der Waals surface area contributed by atoms with Crippen molar-refractivity contribution in [3.63, 3.8) is 0 Å². The molecular weight excluding hydrogens is 526 g/mol. The van der Waals surface area contributed by atoms with E-state index in [2.05, 4.69) is 44.7 Å². The summed E-state index contributed by atoms with van der Waals surface area (Å²) in [4.78, 5) is 28.2. The van der Waals surface area contributed by atoms with Crippen molar-refractivity contribution in [2.45, 2.75) is 44.7 Å². The van der Waals surface area contributed by atoms with Crippen molar-refractivity contribution < 1.29 is 4.79 Å². The van der Waals surface area contributed by atoms with E-state index in [0.29, 0.717) is 29.5 Å². The zero-order valence-electron chi connectivity index (χ0n) is 23.6. The molecule has 1 aliphatic carbocycles. The number of amides is 1. The van der Waals surface area contributed by atoms with Gasteiger partial charge in [0.2, 0.25) is 5.91 Å². The van der Waals surface area contributed by atoms with Crippen LogP contribution in [0.4, 0.5) is 5.82 Å². The number of hydrogen-bond donors (Lipinski definition) is 2. The Kier molecular flexibility index (Phi) is 6.54. The molecule has 0 unspecified atom stereocenters. The van der Waals surface area contributed by atoms with Gasteiger partial charge in [0, 0.05) is 43.3 Å². The number of anilines is 1. The highest BCUT2D eigenvalue weighted by atomic mass is 16.2. The van der Waals surface area contributed by atoms with Crippen LogP contribution in [0.15, 0.2) is 73.6 Å². The number of nitrogens with zero attached hydrogens (tertiary/aromatic N) is 7. The number of nitrogens with one attached hydrogen (secondary N) is 1. The number of aromatic nitrogens is 6. The summed E-state index contributed by atoms with van der Waals surface area (Å²) in [6.07, 6.45) is 8.93. The zero-order valence-corrected chi connectivity index (χ0v) is 23.6. The van der Waals surface area contributed by atoms with Gasteiger partial charge in [0.25, 0.3) is 0 Å². The average molecular weight is 560 g/mol. The van der Waals surface area contributed by atoms with Crippen molar-refractivity contribution in [1.29, 1.82) is 0 Å². The number of rotatable bonds is 6. The van der Waals surface area contributed by atoms with Crippen molar-refractivity contribution >= 4 is 22.9 Å². The van der Waals surface area contributed by atoms with E-state index in [9.17, 15) is 4.79 Å². The molecule has 1 amide bonds. The average Bonchev–Trinajstić information content (AvgIpc) is 3.73. The molecule has 0 saturated carbocycles. The third kappa shape index (κ3) is 4.63. The van der Waals surface area contributed by atoms with Crippen LogP contribution in [0.3, 0.4) is 0 Å². The van der Waals surface area contributed by atoms with E-state index in [4.69, 9.17) is 15.7 Å². The Morgan fingerprint density at radius 2 is 1.95 bits per heavy atom. The summed E-state index contributed by atoms with van der Waals surface area (Å²) < 4.78 is 3.86. The monoisotopic (exact) mass is 559 g/mol. The first-order valence-electron chi connectivity index (χ1n) is 14.4. The Labute approximate surface area is 243 Å². The molecule has 7 rings (SSSR count). The number of nitrogens with two attached hydrogens (primary N) is 1. The Bertz CT molecular complexity index is 1810. The van der Waals surface area contributed by atoms with Crippen LogP contribution < -0.4 is 11.1 Å². The fraction of sp³-hybridized carbons (Fsp3) is 0.281. The number of benzene rings is 1. The molecule has 3 N–H and O–H groups in total. The third-order valence-corrected chi connectivity index (χ3v) is 8.41. The van der Waals surface area contributed by atoms with Crippen molar-refractivity contribution in [2.75, 3.05) is 18.8 Å². The maximum absolute atomic E-state index is 12.0. The molecule has 0 bridgehead atoms. The van der Waals surface area contributed by atoms with Crippen LogP contribution in [-0.4, -0.2) is 59.2 Å². The number of carbonyl (C=O) groups is 1. The van der Waals surface area contributed by atoms with Crippen molar-refractivity contribution in [3.05, 3.63) is 90.4 Å². The molecule has 1 fully saturated rings. The van der Waals surface area contributed by atoms with E-state index in [1.807, 2.05) is 48.4 Å². The van der Waals surface area contributed by atoms with E-state index in [0.717, 1.165) is 66.9 Å². The van der Waals surface area contributed by atoms with Gasteiger partial charge in [-0.3, -0.25) is 9.36 Å². The number of aryl methyl sites for hydroxylation is 2. The van der Waals surface area contributed by atoms with Gasteiger partial charge in [-0.2, -0.15) is 5.10 Å². The number of fused-ring (bicyclic) bond motifs is 2. The number of pyridine rings is 2. The summed E-state index contributed by atoms with van der Waals surface area (Å²) in [5.41, 5.74) is 13.1.